The molecule has 0 fully saturated rings. The van der Waals surface area contributed by atoms with E-state index in [-0.39, 0.29) is 0 Å². The van der Waals surface area contributed by atoms with E-state index in [0.29, 0.717) is 5.02 Å². The summed E-state index contributed by atoms with van der Waals surface area (Å²) in [5.74, 6) is 0. The van der Waals surface area contributed by atoms with Crippen molar-refractivity contribution in [1.29, 1.82) is 0 Å². The third-order valence-corrected chi connectivity index (χ3v) is 2.65. The molecule has 1 heterocycles. The normalized spacial score (nSPS) is 11.0. The topological polar surface area (TPSA) is 40.2 Å². The Bertz CT molecular complexity index is 543. The molecule has 0 bridgehead atoms. The van der Waals surface area contributed by atoms with Crippen LogP contribution in [0.25, 0.3) is 0 Å². The number of hydrogen-bond donors (Lipinski definition) is 2. The summed E-state index contributed by atoms with van der Waals surface area (Å²) in [6.45, 7) is 4.04. The second-order valence-electron chi connectivity index (χ2n) is 3.91. The fourth-order valence-electron chi connectivity index (χ4n) is 1.61. The standard InChI is InChI=1S/C13H14ClN3/c1-9-6-11(10(2)16-9)8-15-17-13-5-3-4-12(14)7-13/h3-8,16-17H,1-2H3/b15-8+. The maximum atomic E-state index is 5.87. The van der Waals surface area contributed by atoms with E-state index in [9.17, 15) is 0 Å². The average Bonchev–Trinajstić information content (AvgIpc) is 2.58. The molecule has 2 N–H and O–H groups in total. The number of halogens is 1. The molecular weight excluding hydrogens is 234 g/mol. The Kier molecular flexibility index (Phi) is 3.49. The van der Waals surface area contributed by atoms with E-state index in [2.05, 4.69) is 21.6 Å². The van der Waals surface area contributed by atoms with Gasteiger partial charge in [-0.2, -0.15) is 5.10 Å². The molecule has 2 rings (SSSR count). The smallest absolute Gasteiger partial charge is 0.0576 e. The molecule has 0 saturated heterocycles. The van der Waals surface area contributed by atoms with Gasteiger partial charge in [0, 0.05) is 22.0 Å². The van der Waals surface area contributed by atoms with E-state index in [0.717, 1.165) is 22.6 Å². The van der Waals surface area contributed by atoms with Crippen LogP contribution < -0.4 is 5.43 Å². The van der Waals surface area contributed by atoms with Gasteiger partial charge in [0.05, 0.1) is 11.9 Å². The first kappa shape index (κ1) is 11.7. The number of rotatable bonds is 3. The van der Waals surface area contributed by atoms with Gasteiger partial charge < -0.3 is 4.98 Å². The summed E-state index contributed by atoms with van der Waals surface area (Å²) < 4.78 is 0. The van der Waals surface area contributed by atoms with Crippen LogP contribution in [0, 0.1) is 13.8 Å². The van der Waals surface area contributed by atoms with E-state index in [1.807, 2.05) is 38.1 Å². The van der Waals surface area contributed by atoms with Crippen molar-refractivity contribution < 1.29 is 0 Å². The molecule has 1 aromatic heterocycles. The predicted octanol–water partition coefficient (Wildman–Crippen LogP) is 3.73. The molecule has 0 saturated carbocycles. The van der Waals surface area contributed by atoms with Crippen LogP contribution in [0.4, 0.5) is 5.69 Å². The van der Waals surface area contributed by atoms with Crippen LogP contribution in [0.5, 0.6) is 0 Å². The summed E-state index contributed by atoms with van der Waals surface area (Å²) >= 11 is 5.87. The van der Waals surface area contributed by atoms with Gasteiger partial charge in [-0.05, 0) is 38.1 Å². The molecule has 88 valence electrons. The first-order valence-electron chi connectivity index (χ1n) is 5.36. The molecule has 1 aromatic carbocycles. The summed E-state index contributed by atoms with van der Waals surface area (Å²) in [6.07, 6.45) is 1.79. The Morgan fingerprint density at radius 3 is 2.76 bits per heavy atom. The first-order chi connectivity index (χ1) is 8.15. The van der Waals surface area contributed by atoms with Crippen LogP contribution in [0.2, 0.25) is 5.02 Å². The Balaban J connectivity index is 2.05. The van der Waals surface area contributed by atoms with Crippen molar-refractivity contribution in [2.75, 3.05) is 5.43 Å². The zero-order chi connectivity index (χ0) is 12.3. The van der Waals surface area contributed by atoms with Gasteiger partial charge in [-0.15, -0.1) is 0 Å². The quantitative estimate of drug-likeness (QED) is 0.630. The largest absolute Gasteiger partial charge is 0.362 e. The van der Waals surface area contributed by atoms with Gasteiger partial charge in [-0.3, -0.25) is 5.43 Å². The number of H-pyrrole nitrogens is 1. The Hall–Kier alpha value is -1.74. The summed E-state index contributed by atoms with van der Waals surface area (Å²) in [5, 5.41) is 4.87. The van der Waals surface area contributed by atoms with Gasteiger partial charge in [0.1, 0.15) is 0 Å². The molecule has 17 heavy (non-hydrogen) atoms. The van der Waals surface area contributed by atoms with E-state index in [1.165, 1.54) is 0 Å². The van der Waals surface area contributed by atoms with Gasteiger partial charge in [-0.1, -0.05) is 17.7 Å². The van der Waals surface area contributed by atoms with Crippen molar-refractivity contribution in [3.63, 3.8) is 0 Å². The van der Waals surface area contributed by atoms with Crippen molar-refractivity contribution in [2.45, 2.75) is 13.8 Å². The van der Waals surface area contributed by atoms with Crippen LogP contribution >= 0.6 is 11.6 Å². The summed E-state index contributed by atoms with van der Waals surface area (Å²) in [5.41, 5.74) is 7.14. The minimum atomic E-state index is 0.693. The number of nitrogens with one attached hydrogen (secondary N) is 2. The van der Waals surface area contributed by atoms with Crippen LogP contribution in [-0.2, 0) is 0 Å². The number of aromatic nitrogens is 1. The second kappa shape index (κ2) is 5.06. The summed E-state index contributed by atoms with van der Waals surface area (Å²) in [6, 6.07) is 9.51. The molecule has 0 aliphatic heterocycles. The molecule has 2 aromatic rings. The number of nitrogens with zero attached hydrogens (tertiary/aromatic N) is 1. The Labute approximate surface area is 106 Å². The first-order valence-corrected chi connectivity index (χ1v) is 5.74. The van der Waals surface area contributed by atoms with E-state index >= 15 is 0 Å². The molecule has 4 heteroatoms. The molecule has 0 spiro atoms. The second-order valence-corrected chi connectivity index (χ2v) is 4.35. The van der Waals surface area contributed by atoms with Gasteiger partial charge >= 0.3 is 0 Å². The SMILES string of the molecule is Cc1cc(/C=N/Nc2cccc(Cl)c2)c(C)[nH]1. The maximum absolute atomic E-state index is 5.87. The van der Waals surface area contributed by atoms with E-state index in [4.69, 9.17) is 11.6 Å². The van der Waals surface area contributed by atoms with Crippen molar-refractivity contribution >= 4 is 23.5 Å². The highest BCUT2D eigenvalue weighted by molar-refractivity contribution is 6.30. The van der Waals surface area contributed by atoms with Gasteiger partial charge in [0.25, 0.3) is 0 Å². The minimum absolute atomic E-state index is 0.693. The van der Waals surface area contributed by atoms with Crippen molar-refractivity contribution in [3.8, 4) is 0 Å². The summed E-state index contributed by atoms with van der Waals surface area (Å²) in [7, 11) is 0. The molecule has 0 aliphatic rings. The Morgan fingerprint density at radius 2 is 2.12 bits per heavy atom. The minimum Gasteiger partial charge on any atom is -0.362 e. The van der Waals surface area contributed by atoms with Crippen molar-refractivity contribution in [3.05, 3.63) is 52.3 Å². The molecule has 0 aliphatic carbocycles. The number of benzene rings is 1. The molecule has 3 nitrogen and oxygen atoms in total. The summed E-state index contributed by atoms with van der Waals surface area (Å²) in [4.78, 5) is 3.23. The van der Waals surface area contributed by atoms with Crippen molar-refractivity contribution in [1.82, 2.24) is 4.98 Å². The molecule has 0 radical (unpaired) electrons. The lowest BCUT2D eigenvalue weighted by molar-refractivity contribution is 1.19. The molecule has 0 atom stereocenters. The van der Waals surface area contributed by atoms with Crippen LogP contribution in [0.15, 0.2) is 35.4 Å². The predicted molar refractivity (Wildman–Crippen MR) is 72.9 cm³/mol. The third-order valence-electron chi connectivity index (χ3n) is 2.41. The monoisotopic (exact) mass is 247 g/mol. The maximum Gasteiger partial charge on any atom is 0.0576 e. The average molecular weight is 248 g/mol. The van der Waals surface area contributed by atoms with Crippen molar-refractivity contribution in [2.24, 2.45) is 5.10 Å². The molecular formula is C13H14ClN3. The lowest BCUT2D eigenvalue weighted by Crippen LogP contribution is -1.90. The fraction of sp³-hybridized carbons (Fsp3) is 0.154. The third kappa shape index (κ3) is 3.11. The Morgan fingerprint density at radius 1 is 1.29 bits per heavy atom. The highest BCUT2D eigenvalue weighted by atomic mass is 35.5. The van der Waals surface area contributed by atoms with Gasteiger partial charge in [-0.25, -0.2) is 0 Å². The van der Waals surface area contributed by atoms with Gasteiger partial charge in [0.2, 0.25) is 0 Å². The van der Waals surface area contributed by atoms with E-state index < -0.39 is 0 Å². The van der Waals surface area contributed by atoms with Crippen LogP contribution in [-0.4, -0.2) is 11.2 Å². The number of aromatic amines is 1. The number of aryl methyl sites for hydroxylation is 2. The highest BCUT2D eigenvalue weighted by Crippen LogP contribution is 2.14. The van der Waals surface area contributed by atoms with Crippen LogP contribution in [0.3, 0.4) is 0 Å². The van der Waals surface area contributed by atoms with E-state index in [1.54, 1.807) is 6.21 Å². The molecule has 0 amide bonds. The lowest BCUT2D eigenvalue weighted by atomic mass is 10.3. The van der Waals surface area contributed by atoms with Gasteiger partial charge in [0.15, 0.2) is 0 Å². The fourth-order valence-corrected chi connectivity index (χ4v) is 1.80. The number of anilines is 1. The van der Waals surface area contributed by atoms with Crippen LogP contribution in [0.1, 0.15) is 17.0 Å². The lowest BCUT2D eigenvalue weighted by Gasteiger charge is -1.99. The molecule has 0 unspecified atom stereocenters. The number of hydrogen-bond acceptors (Lipinski definition) is 2. The highest BCUT2D eigenvalue weighted by Gasteiger charge is 1.97. The zero-order valence-electron chi connectivity index (χ0n) is 9.79. The zero-order valence-corrected chi connectivity index (χ0v) is 10.5. The number of hydrazone groups is 1.